The molecule has 0 unspecified atom stereocenters. The highest BCUT2D eigenvalue weighted by atomic mass is 28.3. The molecule has 0 spiro atoms. The Hall–Kier alpha value is -1.62. The van der Waals surface area contributed by atoms with Gasteiger partial charge in [-0.25, -0.2) is 9.78 Å². The molecule has 0 aliphatic carbocycles. The largest absolute Gasteiger partial charge is 0.464 e. The molecule has 4 nitrogen and oxygen atoms in total. The first-order valence-electron chi connectivity index (χ1n) is 7.09. The number of hydrogen-bond acceptors (Lipinski definition) is 4. The summed E-state index contributed by atoms with van der Waals surface area (Å²) >= 11 is 0. The lowest BCUT2D eigenvalue weighted by Gasteiger charge is -2.24. The number of ether oxygens (including phenoxy) is 1. The summed E-state index contributed by atoms with van der Waals surface area (Å²) in [6, 6.07) is 8.94. The third-order valence-electron chi connectivity index (χ3n) is 4.32. The van der Waals surface area contributed by atoms with Crippen LogP contribution in [0.15, 0.2) is 22.6 Å². The molecule has 0 radical (unpaired) electrons. The van der Waals surface area contributed by atoms with E-state index >= 15 is 0 Å². The number of hydrogen-bond donors (Lipinski definition) is 0. The average Bonchev–Trinajstić information content (AvgIpc) is 2.92. The topological polar surface area (TPSA) is 52.3 Å². The third kappa shape index (κ3) is 2.38. The van der Waals surface area contributed by atoms with Crippen molar-refractivity contribution in [3.8, 4) is 0 Å². The van der Waals surface area contributed by atoms with E-state index < -0.39 is 14.0 Å². The van der Waals surface area contributed by atoms with Crippen LogP contribution in [0.5, 0.6) is 0 Å². The van der Waals surface area contributed by atoms with Crippen LogP contribution in [0.3, 0.4) is 0 Å². The van der Waals surface area contributed by atoms with Gasteiger partial charge in [-0.15, -0.1) is 0 Å². The molecule has 5 heteroatoms. The second-order valence-corrected chi connectivity index (χ2v) is 10.2. The van der Waals surface area contributed by atoms with Gasteiger partial charge >= 0.3 is 5.97 Å². The van der Waals surface area contributed by atoms with Gasteiger partial charge in [0, 0.05) is 6.07 Å². The quantitative estimate of drug-likeness (QED) is 0.626. The first-order valence-corrected chi connectivity index (χ1v) is 9.71. The summed E-state index contributed by atoms with van der Waals surface area (Å²) in [5, 5.41) is 1.09. The molecule has 20 heavy (non-hydrogen) atoms. The highest BCUT2D eigenvalue weighted by molar-refractivity contribution is 6.91. The van der Waals surface area contributed by atoms with Crippen LogP contribution in [0.4, 0.5) is 0 Å². The zero-order valence-electron chi connectivity index (χ0n) is 12.5. The smallest absolute Gasteiger partial charge is 0.356 e. The fourth-order valence-electron chi connectivity index (χ4n) is 2.68. The van der Waals surface area contributed by atoms with Crippen molar-refractivity contribution in [3.05, 3.63) is 23.9 Å². The zero-order chi connectivity index (χ0) is 14.8. The van der Waals surface area contributed by atoms with E-state index in [1.54, 1.807) is 12.1 Å². The van der Waals surface area contributed by atoms with Crippen LogP contribution >= 0.6 is 0 Å². The van der Waals surface area contributed by atoms with Gasteiger partial charge in [0.1, 0.15) is 19.3 Å². The molecule has 0 amide bonds. The van der Waals surface area contributed by atoms with Crippen LogP contribution < -0.4 is 5.38 Å². The maximum absolute atomic E-state index is 11.5. The average molecular weight is 291 g/mol. The van der Waals surface area contributed by atoms with Crippen LogP contribution in [-0.2, 0) is 4.74 Å². The lowest BCUT2D eigenvalue weighted by molar-refractivity contribution is 0.0594. The predicted octanol–water partition coefficient (Wildman–Crippen LogP) is 3.33. The van der Waals surface area contributed by atoms with Gasteiger partial charge in [0.2, 0.25) is 0 Å². The van der Waals surface area contributed by atoms with Crippen molar-refractivity contribution in [2.75, 3.05) is 7.11 Å². The van der Waals surface area contributed by atoms with Gasteiger partial charge in [0.15, 0.2) is 5.58 Å². The van der Waals surface area contributed by atoms with Crippen molar-refractivity contribution in [1.82, 2.24) is 4.98 Å². The van der Waals surface area contributed by atoms with E-state index in [2.05, 4.69) is 25.8 Å². The van der Waals surface area contributed by atoms with Gasteiger partial charge in [-0.05, 0) is 12.1 Å². The molecule has 0 aliphatic rings. The van der Waals surface area contributed by atoms with Crippen molar-refractivity contribution in [3.63, 3.8) is 0 Å². The molecule has 2 rings (SSSR count). The van der Waals surface area contributed by atoms with Gasteiger partial charge in [-0.2, -0.15) is 0 Å². The summed E-state index contributed by atoms with van der Waals surface area (Å²) in [5.41, 5.74) is 1.82. The van der Waals surface area contributed by atoms with Crippen LogP contribution in [0, 0.1) is 0 Å². The first kappa shape index (κ1) is 14.8. The summed E-state index contributed by atoms with van der Waals surface area (Å²) in [6.07, 6.45) is 0. The Morgan fingerprint density at radius 2 is 1.90 bits per heavy atom. The van der Waals surface area contributed by atoms with E-state index in [1.807, 2.05) is 6.07 Å². The second-order valence-electron chi connectivity index (χ2n) is 5.02. The standard InChI is InChI=1S/C15H21NO3Si/c1-5-20(6-2,7-3)14-10-12-13(19-14)9-8-11(16-12)15(17)18-4/h8-10H,5-7H2,1-4H3. The summed E-state index contributed by atoms with van der Waals surface area (Å²) in [5.74, 6) is -0.417. The van der Waals surface area contributed by atoms with Crippen molar-refractivity contribution in [2.45, 2.75) is 38.9 Å². The number of fused-ring (bicyclic) bond motifs is 1. The predicted molar refractivity (Wildman–Crippen MR) is 82.2 cm³/mol. The number of carbonyl (C=O) groups is 1. The Labute approximate surface area is 120 Å². The van der Waals surface area contributed by atoms with E-state index in [4.69, 9.17) is 9.15 Å². The minimum atomic E-state index is -1.55. The maximum atomic E-state index is 11.5. The Morgan fingerprint density at radius 1 is 1.25 bits per heavy atom. The molecule has 2 aromatic rings. The Balaban J connectivity index is 2.51. The number of furan rings is 1. The Morgan fingerprint density at radius 3 is 2.45 bits per heavy atom. The lowest BCUT2D eigenvalue weighted by Crippen LogP contribution is -2.44. The molecule has 0 bridgehead atoms. The van der Waals surface area contributed by atoms with Crippen molar-refractivity contribution < 1.29 is 13.9 Å². The van der Waals surface area contributed by atoms with Crippen molar-refractivity contribution >= 4 is 30.5 Å². The maximum Gasteiger partial charge on any atom is 0.356 e. The molecule has 2 aromatic heterocycles. The molecule has 108 valence electrons. The number of nitrogens with zero attached hydrogens (tertiary/aromatic N) is 1. The van der Waals surface area contributed by atoms with Gasteiger partial charge in [0.25, 0.3) is 0 Å². The molecule has 0 aliphatic heterocycles. The molecule has 2 heterocycles. The summed E-state index contributed by atoms with van der Waals surface area (Å²) in [4.78, 5) is 15.9. The highest BCUT2D eigenvalue weighted by Crippen LogP contribution is 2.24. The summed E-state index contributed by atoms with van der Waals surface area (Å²) in [7, 11) is -0.193. The molecule has 0 N–H and O–H groups in total. The fraction of sp³-hybridized carbons (Fsp3) is 0.467. The van der Waals surface area contributed by atoms with Gasteiger partial charge in [0.05, 0.1) is 12.5 Å². The van der Waals surface area contributed by atoms with Crippen LogP contribution in [0.25, 0.3) is 11.1 Å². The number of rotatable bonds is 5. The van der Waals surface area contributed by atoms with E-state index in [0.717, 1.165) is 34.6 Å². The molecule has 0 saturated carbocycles. The number of pyridine rings is 1. The lowest BCUT2D eigenvalue weighted by atomic mass is 10.3. The SMILES string of the molecule is CC[Si](CC)(CC)c1cc2nc(C(=O)OC)ccc2o1. The first-order chi connectivity index (χ1) is 9.60. The highest BCUT2D eigenvalue weighted by Gasteiger charge is 2.33. The van der Waals surface area contributed by atoms with E-state index in [0.29, 0.717) is 5.69 Å². The second kappa shape index (κ2) is 5.79. The van der Waals surface area contributed by atoms with E-state index in [9.17, 15) is 4.79 Å². The van der Waals surface area contributed by atoms with E-state index in [-0.39, 0.29) is 0 Å². The molecule has 0 fully saturated rings. The molecular weight excluding hydrogens is 270 g/mol. The minimum absolute atomic E-state index is 0.323. The van der Waals surface area contributed by atoms with Crippen LogP contribution in [-0.4, -0.2) is 26.1 Å². The van der Waals surface area contributed by atoms with Crippen LogP contribution in [0.2, 0.25) is 18.1 Å². The minimum Gasteiger partial charge on any atom is -0.464 e. The number of methoxy groups -OCH3 is 1. The molecule has 0 aromatic carbocycles. The van der Waals surface area contributed by atoms with Crippen LogP contribution in [0.1, 0.15) is 31.3 Å². The molecule has 0 atom stereocenters. The summed E-state index contributed by atoms with van der Waals surface area (Å²) < 4.78 is 10.7. The van der Waals surface area contributed by atoms with E-state index in [1.165, 1.54) is 7.11 Å². The fourth-order valence-corrected chi connectivity index (χ4v) is 5.99. The number of esters is 1. The Bertz CT molecular complexity index is 608. The van der Waals surface area contributed by atoms with Gasteiger partial charge in [-0.3, -0.25) is 0 Å². The van der Waals surface area contributed by atoms with Crippen molar-refractivity contribution in [2.24, 2.45) is 0 Å². The van der Waals surface area contributed by atoms with Crippen molar-refractivity contribution in [1.29, 1.82) is 0 Å². The molecular formula is C15H21NO3Si. The van der Waals surface area contributed by atoms with Gasteiger partial charge in [-0.1, -0.05) is 38.9 Å². The molecule has 0 saturated heterocycles. The normalized spacial score (nSPS) is 11.8. The number of carbonyl (C=O) groups excluding carboxylic acids is 1. The number of aromatic nitrogens is 1. The zero-order valence-corrected chi connectivity index (χ0v) is 13.5. The summed E-state index contributed by atoms with van der Waals surface area (Å²) in [6.45, 7) is 6.71. The Kier molecular flexibility index (Phi) is 4.28. The third-order valence-corrected chi connectivity index (χ3v) is 9.67. The monoisotopic (exact) mass is 291 g/mol. The van der Waals surface area contributed by atoms with Gasteiger partial charge < -0.3 is 9.15 Å².